The Labute approximate surface area is 177 Å². The van der Waals surface area contributed by atoms with Crippen molar-refractivity contribution in [1.29, 1.82) is 0 Å². The van der Waals surface area contributed by atoms with E-state index in [-0.39, 0.29) is 24.5 Å². The van der Waals surface area contributed by atoms with E-state index in [1.54, 1.807) is 11.1 Å². The van der Waals surface area contributed by atoms with E-state index in [0.29, 0.717) is 26.2 Å². The summed E-state index contributed by atoms with van der Waals surface area (Å²) in [5.41, 5.74) is 1.72. The standard InChI is InChI=1S/C23H28N4O3/c28-22(19-8-4-5-9-19)25-20-10-11-21(24-16-20)26-12-14-27(15-13-26)23(29)30-17-18-6-2-1-3-7-18/h1-3,6-7,10-11,16,19H,4-5,8-9,12-15,17H2,(H,25,28). The molecule has 2 heterocycles. The summed E-state index contributed by atoms with van der Waals surface area (Å²) in [6.07, 6.45) is 5.67. The van der Waals surface area contributed by atoms with Crippen LogP contribution in [0.4, 0.5) is 16.3 Å². The third-order valence-electron chi connectivity index (χ3n) is 5.81. The lowest BCUT2D eigenvalue weighted by molar-refractivity contribution is -0.119. The number of carbonyl (C=O) groups is 2. The Kier molecular flexibility index (Phi) is 6.47. The molecule has 1 saturated heterocycles. The van der Waals surface area contributed by atoms with Crippen molar-refractivity contribution in [1.82, 2.24) is 9.88 Å². The van der Waals surface area contributed by atoms with E-state index < -0.39 is 0 Å². The first-order chi connectivity index (χ1) is 14.7. The third-order valence-corrected chi connectivity index (χ3v) is 5.81. The molecule has 4 rings (SSSR count). The molecule has 7 heteroatoms. The van der Waals surface area contributed by atoms with Crippen molar-refractivity contribution in [2.24, 2.45) is 5.92 Å². The van der Waals surface area contributed by atoms with Crippen molar-refractivity contribution >= 4 is 23.5 Å². The fourth-order valence-electron chi connectivity index (χ4n) is 4.01. The number of nitrogens with zero attached hydrogens (tertiary/aromatic N) is 3. The molecule has 0 radical (unpaired) electrons. The summed E-state index contributed by atoms with van der Waals surface area (Å²) in [4.78, 5) is 32.9. The number of piperazine rings is 1. The van der Waals surface area contributed by atoms with E-state index in [0.717, 1.165) is 42.8 Å². The highest BCUT2D eigenvalue weighted by Crippen LogP contribution is 2.26. The van der Waals surface area contributed by atoms with Crippen molar-refractivity contribution < 1.29 is 14.3 Å². The monoisotopic (exact) mass is 408 g/mol. The fourth-order valence-corrected chi connectivity index (χ4v) is 4.01. The van der Waals surface area contributed by atoms with Crippen molar-refractivity contribution in [2.45, 2.75) is 32.3 Å². The second-order valence-electron chi connectivity index (χ2n) is 7.89. The molecule has 0 bridgehead atoms. The first kappa shape index (κ1) is 20.2. The van der Waals surface area contributed by atoms with Crippen LogP contribution in [0.15, 0.2) is 48.7 Å². The number of anilines is 2. The lowest BCUT2D eigenvalue weighted by Gasteiger charge is -2.34. The number of hydrogen-bond acceptors (Lipinski definition) is 5. The van der Waals surface area contributed by atoms with Crippen LogP contribution in [0.5, 0.6) is 0 Å². The smallest absolute Gasteiger partial charge is 0.410 e. The molecule has 1 aromatic carbocycles. The minimum Gasteiger partial charge on any atom is -0.445 e. The number of carbonyl (C=O) groups excluding carboxylic acids is 2. The summed E-state index contributed by atoms with van der Waals surface area (Å²) in [7, 11) is 0. The molecule has 1 saturated carbocycles. The van der Waals surface area contributed by atoms with Crippen molar-refractivity contribution in [3.8, 4) is 0 Å². The van der Waals surface area contributed by atoms with Crippen molar-refractivity contribution in [3.05, 3.63) is 54.2 Å². The Morgan fingerprint density at radius 1 is 1.00 bits per heavy atom. The predicted molar refractivity (Wildman–Crippen MR) is 115 cm³/mol. The van der Waals surface area contributed by atoms with Crippen LogP contribution in [0.2, 0.25) is 0 Å². The number of rotatable bonds is 5. The van der Waals surface area contributed by atoms with Crippen LogP contribution >= 0.6 is 0 Å². The van der Waals surface area contributed by atoms with Crippen LogP contribution in [0.1, 0.15) is 31.2 Å². The first-order valence-electron chi connectivity index (χ1n) is 10.7. The average Bonchev–Trinajstić information content (AvgIpc) is 3.34. The molecular weight excluding hydrogens is 380 g/mol. The third kappa shape index (κ3) is 5.09. The summed E-state index contributed by atoms with van der Waals surface area (Å²) in [5.74, 6) is 1.09. The fraction of sp³-hybridized carbons (Fsp3) is 0.435. The molecule has 2 fully saturated rings. The molecule has 0 atom stereocenters. The quantitative estimate of drug-likeness (QED) is 0.817. The molecule has 158 valence electrons. The van der Waals surface area contributed by atoms with Gasteiger partial charge in [0.25, 0.3) is 0 Å². The molecule has 0 spiro atoms. The van der Waals surface area contributed by atoms with Gasteiger partial charge in [0.05, 0.1) is 11.9 Å². The zero-order valence-electron chi connectivity index (χ0n) is 17.1. The van der Waals surface area contributed by atoms with Crippen LogP contribution < -0.4 is 10.2 Å². The normalized spacial score (nSPS) is 17.1. The number of benzene rings is 1. The van der Waals surface area contributed by atoms with Crippen molar-refractivity contribution in [2.75, 3.05) is 36.4 Å². The number of hydrogen-bond donors (Lipinski definition) is 1. The van der Waals surface area contributed by atoms with Gasteiger partial charge < -0.3 is 19.9 Å². The van der Waals surface area contributed by atoms with E-state index in [1.165, 1.54) is 0 Å². The molecule has 7 nitrogen and oxygen atoms in total. The molecule has 2 amide bonds. The van der Waals surface area contributed by atoms with Gasteiger partial charge in [-0.2, -0.15) is 0 Å². The molecule has 0 unspecified atom stereocenters. The summed E-state index contributed by atoms with van der Waals surface area (Å²) < 4.78 is 5.42. The summed E-state index contributed by atoms with van der Waals surface area (Å²) in [6.45, 7) is 2.86. The molecule has 2 aromatic rings. The Bertz CT molecular complexity index is 843. The highest BCUT2D eigenvalue weighted by molar-refractivity contribution is 5.92. The van der Waals surface area contributed by atoms with Crippen LogP contribution in [-0.4, -0.2) is 48.1 Å². The summed E-state index contributed by atoms with van der Waals surface area (Å²) >= 11 is 0. The Balaban J connectivity index is 1.23. The summed E-state index contributed by atoms with van der Waals surface area (Å²) in [6, 6.07) is 13.5. The van der Waals surface area contributed by atoms with Gasteiger partial charge in [0.2, 0.25) is 5.91 Å². The molecular formula is C23H28N4O3. The van der Waals surface area contributed by atoms with Crippen LogP contribution in [0.25, 0.3) is 0 Å². The van der Waals surface area contributed by atoms with Gasteiger partial charge in [-0.1, -0.05) is 43.2 Å². The van der Waals surface area contributed by atoms with Gasteiger partial charge in [-0.15, -0.1) is 0 Å². The average molecular weight is 409 g/mol. The Hall–Kier alpha value is -3.09. The van der Waals surface area contributed by atoms with Crippen LogP contribution in [0, 0.1) is 5.92 Å². The second kappa shape index (κ2) is 9.61. The van der Waals surface area contributed by atoms with E-state index in [4.69, 9.17) is 4.74 Å². The second-order valence-corrected chi connectivity index (χ2v) is 7.89. The maximum Gasteiger partial charge on any atom is 0.410 e. The van der Waals surface area contributed by atoms with E-state index >= 15 is 0 Å². The largest absolute Gasteiger partial charge is 0.445 e. The predicted octanol–water partition coefficient (Wildman–Crippen LogP) is 3.67. The summed E-state index contributed by atoms with van der Waals surface area (Å²) in [5, 5.41) is 2.97. The number of pyridine rings is 1. The molecule has 1 aliphatic carbocycles. The number of nitrogens with one attached hydrogen (secondary N) is 1. The van der Waals surface area contributed by atoms with E-state index in [2.05, 4.69) is 15.2 Å². The highest BCUT2D eigenvalue weighted by Gasteiger charge is 2.24. The number of amides is 2. The zero-order valence-corrected chi connectivity index (χ0v) is 17.1. The molecule has 1 aliphatic heterocycles. The lowest BCUT2D eigenvalue weighted by Crippen LogP contribution is -2.49. The van der Waals surface area contributed by atoms with Gasteiger partial charge in [-0.05, 0) is 30.5 Å². The van der Waals surface area contributed by atoms with Gasteiger partial charge in [0, 0.05) is 32.1 Å². The number of aromatic nitrogens is 1. The van der Waals surface area contributed by atoms with Gasteiger partial charge in [0.15, 0.2) is 0 Å². The Morgan fingerprint density at radius 3 is 2.40 bits per heavy atom. The van der Waals surface area contributed by atoms with Crippen LogP contribution in [0.3, 0.4) is 0 Å². The van der Waals surface area contributed by atoms with Gasteiger partial charge in [-0.3, -0.25) is 4.79 Å². The lowest BCUT2D eigenvalue weighted by atomic mass is 10.1. The van der Waals surface area contributed by atoms with Crippen LogP contribution in [-0.2, 0) is 16.1 Å². The highest BCUT2D eigenvalue weighted by atomic mass is 16.6. The zero-order chi connectivity index (χ0) is 20.8. The molecule has 1 aromatic heterocycles. The van der Waals surface area contributed by atoms with E-state index in [1.807, 2.05) is 42.5 Å². The number of ether oxygens (including phenoxy) is 1. The van der Waals surface area contributed by atoms with Crippen molar-refractivity contribution in [3.63, 3.8) is 0 Å². The maximum atomic E-state index is 12.3. The minimum atomic E-state index is -0.281. The molecule has 1 N–H and O–H groups in total. The Morgan fingerprint density at radius 2 is 1.73 bits per heavy atom. The van der Waals surface area contributed by atoms with E-state index in [9.17, 15) is 9.59 Å². The maximum absolute atomic E-state index is 12.3. The topological polar surface area (TPSA) is 74.8 Å². The van der Waals surface area contributed by atoms with Gasteiger partial charge >= 0.3 is 6.09 Å². The SMILES string of the molecule is O=C(Nc1ccc(N2CCN(C(=O)OCc3ccccc3)CC2)nc1)C1CCCC1. The molecule has 30 heavy (non-hydrogen) atoms. The van der Waals surface area contributed by atoms with Gasteiger partial charge in [-0.25, -0.2) is 9.78 Å². The van der Waals surface area contributed by atoms with Gasteiger partial charge in [0.1, 0.15) is 12.4 Å². The first-order valence-corrected chi connectivity index (χ1v) is 10.7. The molecule has 2 aliphatic rings. The minimum absolute atomic E-state index is 0.102.